The van der Waals surface area contributed by atoms with Crippen LogP contribution < -0.4 is 9.47 Å². The smallest absolute Gasteiger partial charge is 0.205 e. The Balaban J connectivity index is 2.09. The van der Waals surface area contributed by atoms with E-state index in [0.29, 0.717) is 0 Å². The summed E-state index contributed by atoms with van der Waals surface area (Å²) in [5, 5.41) is 0. The first kappa shape index (κ1) is 13.6. The van der Waals surface area contributed by atoms with Crippen molar-refractivity contribution in [3.8, 4) is 0 Å². The van der Waals surface area contributed by atoms with Gasteiger partial charge >= 0.3 is 0 Å². The van der Waals surface area contributed by atoms with Gasteiger partial charge in [-0.3, -0.25) is 0 Å². The van der Waals surface area contributed by atoms with Crippen molar-refractivity contribution < 1.29 is 4.57 Å². The summed E-state index contributed by atoms with van der Waals surface area (Å²) in [5.41, 5.74) is 5.09. The monoisotopic (exact) mass is 277 g/mol. The molecule has 2 heterocycles. The highest BCUT2D eigenvalue weighted by atomic mass is 15.1. The maximum atomic E-state index is 2.28. The average Bonchev–Trinajstić information content (AvgIpc) is 2.55. The van der Waals surface area contributed by atoms with Crippen LogP contribution in [-0.2, 0) is 6.54 Å². The van der Waals surface area contributed by atoms with Crippen molar-refractivity contribution >= 4 is 17.3 Å². The van der Waals surface area contributed by atoms with Gasteiger partial charge in [-0.1, -0.05) is 18.2 Å². The molecule has 0 saturated carbocycles. The van der Waals surface area contributed by atoms with Gasteiger partial charge in [0.25, 0.3) is 0 Å². The molecule has 0 N–H and O–H groups in total. The fourth-order valence-electron chi connectivity index (χ4n) is 2.78. The quantitative estimate of drug-likeness (QED) is 0.772. The average molecular weight is 277 g/mol. The number of aryl methyl sites for hydroxylation is 1. The van der Waals surface area contributed by atoms with Gasteiger partial charge in [0, 0.05) is 42.2 Å². The van der Waals surface area contributed by atoms with E-state index in [9.17, 15) is 0 Å². The predicted molar refractivity (Wildman–Crippen MR) is 88.8 cm³/mol. The normalized spacial score (nSPS) is 15.3. The molecule has 0 aliphatic carbocycles. The summed E-state index contributed by atoms with van der Waals surface area (Å²) in [5.74, 6) is 0. The van der Waals surface area contributed by atoms with Crippen molar-refractivity contribution in [2.24, 2.45) is 0 Å². The zero-order valence-corrected chi connectivity index (χ0v) is 12.7. The Labute approximate surface area is 126 Å². The lowest BCUT2D eigenvalue weighted by Crippen LogP contribution is -2.35. The fraction of sp³-hybridized carbons (Fsp3) is 0.211. The topological polar surface area (TPSA) is 7.12 Å². The van der Waals surface area contributed by atoms with E-state index >= 15 is 0 Å². The van der Waals surface area contributed by atoms with Gasteiger partial charge in [0.2, 0.25) is 5.69 Å². The molecule has 0 spiro atoms. The van der Waals surface area contributed by atoms with Crippen LogP contribution in [0.15, 0.2) is 60.9 Å². The molecule has 0 fully saturated rings. The largest absolute Gasteiger partial charge is 0.348 e. The molecule has 0 bridgehead atoms. The van der Waals surface area contributed by atoms with Crippen LogP contribution in [0, 0.1) is 0 Å². The van der Waals surface area contributed by atoms with Crippen LogP contribution >= 0.6 is 0 Å². The molecule has 2 heteroatoms. The van der Waals surface area contributed by atoms with E-state index in [0.717, 1.165) is 13.1 Å². The standard InChI is InChI=1S/C19H21N2/c1-3-20-13-8-7-9-17(20)15-16-12-14-21(4-2)19-11-6-5-10-18(16)19/h5-15H,3-4H2,1-2H3/q+1. The Hall–Kier alpha value is -2.35. The summed E-state index contributed by atoms with van der Waals surface area (Å²) in [6, 6.07) is 14.9. The molecule has 1 aromatic heterocycles. The minimum absolute atomic E-state index is 0.979. The molecule has 0 unspecified atom stereocenters. The van der Waals surface area contributed by atoms with Gasteiger partial charge in [-0.2, -0.15) is 4.57 Å². The van der Waals surface area contributed by atoms with Crippen molar-refractivity contribution in [3.05, 3.63) is 72.2 Å². The number of anilines is 1. The van der Waals surface area contributed by atoms with E-state index in [4.69, 9.17) is 0 Å². The lowest BCUT2D eigenvalue weighted by atomic mass is 9.99. The van der Waals surface area contributed by atoms with Crippen LogP contribution in [0.3, 0.4) is 0 Å². The third-order valence-corrected chi connectivity index (χ3v) is 3.92. The van der Waals surface area contributed by atoms with E-state index in [1.54, 1.807) is 0 Å². The third-order valence-electron chi connectivity index (χ3n) is 3.92. The molecule has 1 aliphatic rings. The van der Waals surface area contributed by atoms with E-state index in [2.05, 4.69) is 90.3 Å². The molecular formula is C19H21N2+. The first-order chi connectivity index (χ1) is 10.3. The highest BCUT2D eigenvalue weighted by Crippen LogP contribution is 2.33. The number of hydrogen-bond acceptors (Lipinski definition) is 1. The van der Waals surface area contributed by atoms with Gasteiger partial charge in [0.15, 0.2) is 6.20 Å². The van der Waals surface area contributed by atoms with Gasteiger partial charge in [-0.05, 0) is 37.6 Å². The van der Waals surface area contributed by atoms with Crippen LogP contribution in [0.1, 0.15) is 25.1 Å². The Kier molecular flexibility index (Phi) is 3.87. The second-order valence-electron chi connectivity index (χ2n) is 5.13. The maximum Gasteiger partial charge on any atom is 0.205 e. The number of benzene rings is 1. The van der Waals surface area contributed by atoms with Crippen molar-refractivity contribution in [1.82, 2.24) is 0 Å². The van der Waals surface area contributed by atoms with E-state index in [1.165, 1.54) is 22.5 Å². The van der Waals surface area contributed by atoms with Crippen LogP contribution in [0.2, 0.25) is 0 Å². The Morgan fingerprint density at radius 2 is 1.86 bits per heavy atom. The number of allylic oxidation sites excluding steroid dienone is 2. The number of pyridine rings is 1. The number of nitrogens with zero attached hydrogens (tertiary/aromatic N) is 2. The Morgan fingerprint density at radius 3 is 2.67 bits per heavy atom. The van der Waals surface area contributed by atoms with Crippen molar-refractivity contribution in [3.63, 3.8) is 0 Å². The molecule has 1 aromatic carbocycles. The molecule has 21 heavy (non-hydrogen) atoms. The third kappa shape index (κ3) is 2.62. The first-order valence-electron chi connectivity index (χ1n) is 7.58. The second-order valence-corrected chi connectivity index (χ2v) is 5.13. The highest BCUT2D eigenvalue weighted by Gasteiger charge is 2.15. The van der Waals surface area contributed by atoms with Gasteiger partial charge in [-0.15, -0.1) is 0 Å². The number of fused-ring (bicyclic) bond motifs is 1. The molecule has 2 nitrogen and oxygen atoms in total. The van der Waals surface area contributed by atoms with Gasteiger partial charge < -0.3 is 4.90 Å². The summed E-state index contributed by atoms with van der Waals surface area (Å²) in [6.45, 7) is 6.32. The highest BCUT2D eigenvalue weighted by molar-refractivity contribution is 5.93. The van der Waals surface area contributed by atoms with Crippen LogP contribution in [0.5, 0.6) is 0 Å². The van der Waals surface area contributed by atoms with Gasteiger partial charge in [0.1, 0.15) is 6.54 Å². The lowest BCUT2D eigenvalue weighted by molar-refractivity contribution is -0.695. The number of para-hydroxylation sites is 1. The fourth-order valence-corrected chi connectivity index (χ4v) is 2.78. The predicted octanol–water partition coefficient (Wildman–Crippen LogP) is 3.89. The molecule has 0 atom stereocenters. The molecule has 1 aliphatic heterocycles. The number of aromatic nitrogens is 1. The molecule has 106 valence electrons. The molecule has 0 amide bonds. The summed E-state index contributed by atoms with van der Waals surface area (Å²) in [6.07, 6.45) is 8.78. The van der Waals surface area contributed by atoms with E-state index in [1.807, 2.05) is 0 Å². The van der Waals surface area contributed by atoms with Crippen molar-refractivity contribution in [1.29, 1.82) is 0 Å². The first-order valence-corrected chi connectivity index (χ1v) is 7.58. The van der Waals surface area contributed by atoms with Crippen LogP contribution in [0.25, 0.3) is 11.6 Å². The zero-order chi connectivity index (χ0) is 14.7. The summed E-state index contributed by atoms with van der Waals surface area (Å²) in [7, 11) is 0. The Morgan fingerprint density at radius 1 is 1.05 bits per heavy atom. The van der Waals surface area contributed by atoms with Crippen LogP contribution in [-0.4, -0.2) is 6.54 Å². The lowest BCUT2D eigenvalue weighted by Gasteiger charge is -2.26. The van der Waals surface area contributed by atoms with Gasteiger partial charge in [0.05, 0.1) is 0 Å². The summed E-state index contributed by atoms with van der Waals surface area (Å²) < 4.78 is 2.26. The minimum atomic E-state index is 0.979. The molecule has 0 radical (unpaired) electrons. The second kappa shape index (κ2) is 5.96. The van der Waals surface area contributed by atoms with E-state index < -0.39 is 0 Å². The number of rotatable bonds is 3. The van der Waals surface area contributed by atoms with Crippen molar-refractivity contribution in [2.45, 2.75) is 20.4 Å². The SMILES string of the molecule is CCN1C=C/C(=C/c2cccc[n+]2CC)c2ccccc21. The molecule has 3 rings (SSSR count). The molecular weight excluding hydrogens is 256 g/mol. The van der Waals surface area contributed by atoms with Crippen LogP contribution in [0.4, 0.5) is 5.69 Å². The minimum Gasteiger partial charge on any atom is -0.348 e. The molecule has 0 saturated heterocycles. The number of hydrogen-bond donors (Lipinski definition) is 0. The molecule has 2 aromatic rings. The van der Waals surface area contributed by atoms with E-state index in [-0.39, 0.29) is 0 Å². The summed E-state index contributed by atoms with van der Waals surface area (Å²) >= 11 is 0. The maximum absolute atomic E-state index is 2.28. The Bertz CT molecular complexity index is 698. The van der Waals surface area contributed by atoms with Crippen molar-refractivity contribution in [2.75, 3.05) is 11.4 Å². The van der Waals surface area contributed by atoms with Gasteiger partial charge in [-0.25, -0.2) is 0 Å². The zero-order valence-electron chi connectivity index (χ0n) is 12.7. The summed E-state index contributed by atoms with van der Waals surface area (Å²) in [4.78, 5) is 2.28.